The number of rotatable bonds is 5. The van der Waals surface area contributed by atoms with Crippen LogP contribution in [0.2, 0.25) is 0 Å². The van der Waals surface area contributed by atoms with Gasteiger partial charge in [0, 0.05) is 6.04 Å². The third-order valence-corrected chi connectivity index (χ3v) is 5.75. The van der Waals surface area contributed by atoms with Crippen LogP contribution < -0.4 is 10.0 Å². The van der Waals surface area contributed by atoms with Gasteiger partial charge in [0.05, 0.1) is 16.3 Å². The van der Waals surface area contributed by atoms with Crippen LogP contribution in [0, 0.1) is 5.82 Å². The maximum Gasteiger partial charge on any atom is 0.261 e. The quantitative estimate of drug-likeness (QED) is 0.857. The Morgan fingerprint density at radius 3 is 2.44 bits per heavy atom. The average Bonchev–Trinajstić information content (AvgIpc) is 2.60. The number of anilines is 2. The second kappa shape index (κ2) is 7.41. The van der Waals surface area contributed by atoms with Crippen LogP contribution in [0.5, 0.6) is 0 Å². The minimum Gasteiger partial charge on any atom is -0.380 e. The zero-order valence-corrected chi connectivity index (χ0v) is 14.9. The van der Waals surface area contributed by atoms with Gasteiger partial charge in [-0.15, -0.1) is 0 Å². The van der Waals surface area contributed by atoms with Gasteiger partial charge < -0.3 is 10.2 Å². The molecule has 0 spiro atoms. The number of benzene rings is 2. The Morgan fingerprint density at radius 2 is 1.76 bits per heavy atom. The number of nitrogens with zero attached hydrogens (tertiary/aromatic N) is 1. The molecule has 0 bridgehead atoms. The predicted molar refractivity (Wildman–Crippen MR) is 97.8 cm³/mol. The molecule has 1 fully saturated rings. The van der Waals surface area contributed by atoms with Crippen molar-refractivity contribution in [2.24, 2.45) is 0 Å². The van der Waals surface area contributed by atoms with Crippen molar-refractivity contribution in [3.63, 3.8) is 0 Å². The molecular weight excluding hydrogens is 341 g/mol. The normalized spacial score (nSPS) is 16.6. The molecule has 1 aliphatic rings. The summed E-state index contributed by atoms with van der Waals surface area (Å²) in [7, 11) is -1.62. The molecular formula is C18H22FN3O2S. The molecule has 3 rings (SSSR count). The molecule has 2 aromatic carbocycles. The first-order valence-corrected chi connectivity index (χ1v) is 9.75. The Hall–Kier alpha value is -2.12. The molecule has 0 atom stereocenters. The maximum atomic E-state index is 14.1. The molecule has 0 radical (unpaired) electrons. The summed E-state index contributed by atoms with van der Waals surface area (Å²) in [5.74, 6) is -0.387. The highest BCUT2D eigenvalue weighted by molar-refractivity contribution is 7.92. The number of sulfonamides is 1. The van der Waals surface area contributed by atoms with Crippen LogP contribution >= 0.6 is 0 Å². The molecule has 134 valence electrons. The molecule has 0 saturated carbocycles. The highest BCUT2D eigenvalue weighted by Crippen LogP contribution is 2.24. The van der Waals surface area contributed by atoms with E-state index in [-0.39, 0.29) is 16.8 Å². The molecule has 2 N–H and O–H groups in total. The van der Waals surface area contributed by atoms with Gasteiger partial charge in [-0.1, -0.05) is 18.2 Å². The fourth-order valence-electron chi connectivity index (χ4n) is 2.89. The zero-order chi connectivity index (χ0) is 17.9. The molecule has 7 heteroatoms. The standard InChI is InChI=1S/C18H22FN3O2S/c1-22-11-9-14(10-12-22)20-18-13-15(7-8-17(18)19)21-25(23,24)16-5-3-2-4-6-16/h2-8,13-14,20-21H,9-12H2,1H3. The lowest BCUT2D eigenvalue weighted by molar-refractivity contribution is 0.263. The van der Waals surface area contributed by atoms with E-state index < -0.39 is 10.0 Å². The minimum atomic E-state index is -3.69. The van der Waals surface area contributed by atoms with E-state index in [2.05, 4.69) is 22.0 Å². The first-order valence-electron chi connectivity index (χ1n) is 8.26. The van der Waals surface area contributed by atoms with Crippen LogP contribution in [0.3, 0.4) is 0 Å². The summed E-state index contributed by atoms with van der Waals surface area (Å²) in [6, 6.07) is 12.5. The van der Waals surface area contributed by atoms with Crippen LogP contribution in [0.1, 0.15) is 12.8 Å². The van der Waals surface area contributed by atoms with E-state index in [4.69, 9.17) is 0 Å². The van der Waals surface area contributed by atoms with Crippen molar-refractivity contribution in [3.05, 3.63) is 54.3 Å². The molecule has 1 aliphatic heterocycles. The topological polar surface area (TPSA) is 61.4 Å². The molecule has 0 amide bonds. The van der Waals surface area contributed by atoms with Crippen molar-refractivity contribution in [1.29, 1.82) is 0 Å². The Balaban J connectivity index is 1.75. The van der Waals surface area contributed by atoms with Crippen molar-refractivity contribution < 1.29 is 12.8 Å². The number of hydrogen-bond acceptors (Lipinski definition) is 4. The predicted octanol–water partition coefficient (Wildman–Crippen LogP) is 3.13. The fourth-order valence-corrected chi connectivity index (χ4v) is 3.96. The van der Waals surface area contributed by atoms with Crippen molar-refractivity contribution in [2.75, 3.05) is 30.2 Å². The lowest BCUT2D eigenvalue weighted by Gasteiger charge is -2.30. The summed E-state index contributed by atoms with van der Waals surface area (Å²) < 4.78 is 41.4. The molecule has 5 nitrogen and oxygen atoms in total. The number of halogens is 1. The van der Waals surface area contributed by atoms with Crippen LogP contribution in [0.4, 0.5) is 15.8 Å². The summed E-state index contributed by atoms with van der Waals surface area (Å²) in [4.78, 5) is 2.41. The van der Waals surface area contributed by atoms with E-state index in [0.717, 1.165) is 25.9 Å². The van der Waals surface area contributed by atoms with Crippen molar-refractivity contribution in [1.82, 2.24) is 4.90 Å². The maximum absolute atomic E-state index is 14.1. The van der Waals surface area contributed by atoms with Gasteiger partial charge in [0.15, 0.2) is 0 Å². The minimum absolute atomic E-state index is 0.171. The second-order valence-corrected chi connectivity index (χ2v) is 8.02. The molecule has 0 aromatic heterocycles. The summed E-state index contributed by atoms with van der Waals surface area (Å²) >= 11 is 0. The Bertz CT molecular complexity index is 819. The van der Waals surface area contributed by atoms with Gasteiger partial charge >= 0.3 is 0 Å². The van der Waals surface area contributed by atoms with Gasteiger partial charge in [-0.2, -0.15) is 0 Å². The number of hydrogen-bond donors (Lipinski definition) is 2. The fraction of sp³-hybridized carbons (Fsp3) is 0.333. The lowest BCUT2D eigenvalue weighted by Crippen LogP contribution is -2.36. The molecule has 0 aliphatic carbocycles. The monoisotopic (exact) mass is 363 g/mol. The van der Waals surface area contributed by atoms with Crippen LogP contribution in [-0.4, -0.2) is 39.5 Å². The smallest absolute Gasteiger partial charge is 0.261 e. The third-order valence-electron chi connectivity index (χ3n) is 4.35. The molecule has 1 heterocycles. The van der Waals surface area contributed by atoms with E-state index >= 15 is 0 Å². The van der Waals surface area contributed by atoms with Crippen LogP contribution in [-0.2, 0) is 10.0 Å². The Kier molecular flexibility index (Phi) is 5.24. The van der Waals surface area contributed by atoms with E-state index in [1.54, 1.807) is 18.2 Å². The summed E-state index contributed by atoms with van der Waals surface area (Å²) in [5.41, 5.74) is 0.656. The van der Waals surface area contributed by atoms with Gasteiger partial charge in [-0.25, -0.2) is 12.8 Å². The zero-order valence-electron chi connectivity index (χ0n) is 14.1. The average molecular weight is 363 g/mol. The van der Waals surface area contributed by atoms with E-state index in [0.29, 0.717) is 11.4 Å². The summed E-state index contributed by atoms with van der Waals surface area (Å²) in [6.45, 7) is 1.92. The van der Waals surface area contributed by atoms with Crippen molar-refractivity contribution in [2.45, 2.75) is 23.8 Å². The van der Waals surface area contributed by atoms with E-state index in [1.807, 2.05) is 0 Å². The second-order valence-electron chi connectivity index (χ2n) is 6.34. The number of piperidine rings is 1. The summed E-state index contributed by atoms with van der Waals surface area (Å²) in [5, 5.41) is 3.20. The third kappa shape index (κ3) is 4.49. The first kappa shape index (κ1) is 17.7. The van der Waals surface area contributed by atoms with Gasteiger partial charge in [0.2, 0.25) is 0 Å². The highest BCUT2D eigenvalue weighted by Gasteiger charge is 2.19. The van der Waals surface area contributed by atoms with E-state index in [9.17, 15) is 12.8 Å². The number of nitrogens with one attached hydrogen (secondary N) is 2. The van der Waals surface area contributed by atoms with Gasteiger partial charge in [0.1, 0.15) is 5.82 Å². The van der Waals surface area contributed by atoms with Crippen molar-refractivity contribution in [3.8, 4) is 0 Å². The Labute approximate surface area is 147 Å². The van der Waals surface area contributed by atoms with Gasteiger partial charge in [-0.3, -0.25) is 4.72 Å². The molecule has 2 aromatic rings. The molecule has 25 heavy (non-hydrogen) atoms. The summed E-state index contributed by atoms with van der Waals surface area (Å²) in [6.07, 6.45) is 1.85. The van der Waals surface area contributed by atoms with Crippen LogP contribution in [0.15, 0.2) is 53.4 Å². The van der Waals surface area contributed by atoms with Crippen LogP contribution in [0.25, 0.3) is 0 Å². The first-order chi connectivity index (χ1) is 11.9. The van der Waals surface area contributed by atoms with Gasteiger partial charge in [0.25, 0.3) is 10.0 Å². The SMILES string of the molecule is CN1CCC(Nc2cc(NS(=O)(=O)c3ccccc3)ccc2F)CC1. The molecule has 1 saturated heterocycles. The van der Waals surface area contributed by atoms with E-state index in [1.165, 1.54) is 30.3 Å². The highest BCUT2D eigenvalue weighted by atomic mass is 32.2. The largest absolute Gasteiger partial charge is 0.380 e. The molecule has 0 unspecified atom stereocenters. The Morgan fingerprint density at radius 1 is 1.08 bits per heavy atom. The van der Waals surface area contributed by atoms with Crippen molar-refractivity contribution >= 4 is 21.4 Å². The lowest BCUT2D eigenvalue weighted by atomic mass is 10.1. The number of likely N-dealkylation sites (tertiary alicyclic amines) is 1. The van der Waals surface area contributed by atoms with Gasteiger partial charge in [-0.05, 0) is 63.3 Å².